The number of nitrogens with zero attached hydrogens (tertiary/aromatic N) is 1. The fourth-order valence-corrected chi connectivity index (χ4v) is 3.50. The number of sulfonamides is 1. The molecule has 110 valence electrons. The minimum atomic E-state index is -3.25. The van der Waals surface area contributed by atoms with Crippen LogP contribution in [0.25, 0.3) is 0 Å². The maximum absolute atomic E-state index is 11.9. The van der Waals surface area contributed by atoms with E-state index in [2.05, 4.69) is 15.0 Å². The first-order valence-corrected chi connectivity index (χ1v) is 8.23. The number of hydrogen-bond donors (Lipinski definition) is 2. The zero-order valence-corrected chi connectivity index (χ0v) is 12.0. The number of pyridine rings is 1. The molecule has 2 aliphatic rings. The summed E-state index contributed by atoms with van der Waals surface area (Å²) >= 11 is 0. The van der Waals surface area contributed by atoms with Gasteiger partial charge in [0.15, 0.2) is 0 Å². The molecule has 1 heterocycles. The molecule has 0 radical (unpaired) electrons. The van der Waals surface area contributed by atoms with Crippen molar-refractivity contribution in [3.63, 3.8) is 0 Å². The Morgan fingerprint density at radius 3 is 2.76 bits per heavy atom. The molecular weight excluding hydrogens is 290 g/mol. The normalized spacial score (nSPS) is 21.1. The molecule has 2 aliphatic carbocycles. The second kappa shape index (κ2) is 5.42. The number of amides is 1. The summed E-state index contributed by atoms with van der Waals surface area (Å²) in [6.07, 6.45) is 8.04. The Hall–Kier alpha value is -1.99. The highest BCUT2D eigenvalue weighted by molar-refractivity contribution is 7.90. The monoisotopic (exact) mass is 305 g/mol. The lowest BCUT2D eigenvalue weighted by molar-refractivity contribution is 0.0962. The van der Waals surface area contributed by atoms with Gasteiger partial charge < -0.3 is 5.32 Å². The van der Waals surface area contributed by atoms with Crippen LogP contribution < -0.4 is 10.0 Å². The minimum Gasteiger partial charge on any atom is -0.321 e. The molecule has 21 heavy (non-hydrogen) atoms. The molecule has 1 amide bonds. The van der Waals surface area contributed by atoms with Crippen molar-refractivity contribution in [1.29, 1.82) is 0 Å². The third-order valence-corrected chi connectivity index (χ3v) is 5.21. The largest absolute Gasteiger partial charge is 0.321 e. The lowest BCUT2D eigenvalue weighted by Crippen LogP contribution is -2.34. The molecule has 1 saturated carbocycles. The molecule has 6 nitrogen and oxygen atoms in total. The van der Waals surface area contributed by atoms with Crippen LogP contribution in [0.15, 0.2) is 48.3 Å². The van der Waals surface area contributed by atoms with Gasteiger partial charge in [0, 0.05) is 11.9 Å². The summed E-state index contributed by atoms with van der Waals surface area (Å²) in [5.74, 6) is -0.322. The first-order valence-electron chi connectivity index (χ1n) is 6.68. The van der Waals surface area contributed by atoms with E-state index in [0.29, 0.717) is 11.4 Å². The maximum atomic E-state index is 11.9. The number of carbonyl (C=O) groups is 1. The smallest absolute Gasteiger partial charge is 0.274 e. The zero-order chi connectivity index (χ0) is 14.9. The molecule has 0 aromatic carbocycles. The Morgan fingerprint density at radius 2 is 2.10 bits per heavy atom. The van der Waals surface area contributed by atoms with Crippen molar-refractivity contribution in [3.05, 3.63) is 54.0 Å². The molecule has 0 bridgehead atoms. The van der Waals surface area contributed by atoms with Crippen LogP contribution in [0.1, 0.15) is 23.3 Å². The van der Waals surface area contributed by atoms with E-state index in [-0.39, 0.29) is 11.2 Å². The molecular formula is C14H15N3O3S. The van der Waals surface area contributed by atoms with Crippen LogP contribution in [-0.2, 0) is 10.0 Å². The van der Waals surface area contributed by atoms with Gasteiger partial charge in [0.1, 0.15) is 5.69 Å². The zero-order valence-electron chi connectivity index (χ0n) is 11.2. The number of allylic oxidation sites excluding steroid dienone is 1. The number of nitrogens with one attached hydrogen (secondary N) is 2. The van der Waals surface area contributed by atoms with Crippen molar-refractivity contribution < 1.29 is 13.2 Å². The van der Waals surface area contributed by atoms with Gasteiger partial charge in [0.25, 0.3) is 5.91 Å². The molecule has 1 aromatic heterocycles. The molecule has 1 atom stereocenters. The molecule has 0 aliphatic heterocycles. The van der Waals surface area contributed by atoms with Crippen LogP contribution in [0.4, 0.5) is 0 Å². The topological polar surface area (TPSA) is 88.2 Å². The minimum absolute atomic E-state index is 0.258. The van der Waals surface area contributed by atoms with E-state index < -0.39 is 16.1 Å². The van der Waals surface area contributed by atoms with E-state index in [0.717, 1.165) is 12.8 Å². The van der Waals surface area contributed by atoms with Gasteiger partial charge in [-0.25, -0.2) is 13.1 Å². The predicted octanol–water partition coefficient (Wildman–Crippen LogP) is 0.716. The average molecular weight is 305 g/mol. The van der Waals surface area contributed by atoms with E-state index in [4.69, 9.17) is 0 Å². The van der Waals surface area contributed by atoms with E-state index in [1.165, 1.54) is 0 Å². The first-order chi connectivity index (χ1) is 10.0. The fourth-order valence-electron chi connectivity index (χ4n) is 2.02. The van der Waals surface area contributed by atoms with E-state index in [1.54, 1.807) is 42.6 Å². The molecule has 1 unspecified atom stereocenters. The highest BCUT2D eigenvalue weighted by atomic mass is 32.2. The van der Waals surface area contributed by atoms with Crippen LogP contribution >= 0.6 is 0 Å². The van der Waals surface area contributed by atoms with Crippen molar-refractivity contribution in [2.45, 2.75) is 24.1 Å². The lowest BCUT2D eigenvalue weighted by atomic mass is 10.3. The SMILES string of the molecule is O=C(NC1=CC(NS(=O)(=O)C2CC2)C=C1)c1ccccn1. The third kappa shape index (κ3) is 3.37. The molecule has 2 N–H and O–H groups in total. The number of carbonyl (C=O) groups excluding carboxylic acids is 1. The van der Waals surface area contributed by atoms with E-state index >= 15 is 0 Å². The van der Waals surface area contributed by atoms with Crippen molar-refractivity contribution in [2.75, 3.05) is 0 Å². The van der Waals surface area contributed by atoms with Gasteiger partial charge in [-0.3, -0.25) is 9.78 Å². The quantitative estimate of drug-likeness (QED) is 0.839. The van der Waals surface area contributed by atoms with Gasteiger partial charge in [-0.15, -0.1) is 0 Å². The van der Waals surface area contributed by atoms with Crippen LogP contribution in [0, 0.1) is 0 Å². The summed E-state index contributed by atoms with van der Waals surface area (Å²) in [7, 11) is -3.25. The lowest BCUT2D eigenvalue weighted by Gasteiger charge is -2.08. The van der Waals surface area contributed by atoms with E-state index in [9.17, 15) is 13.2 Å². The first kappa shape index (κ1) is 14.0. The van der Waals surface area contributed by atoms with Crippen LogP contribution in [0.3, 0.4) is 0 Å². The van der Waals surface area contributed by atoms with Crippen molar-refractivity contribution >= 4 is 15.9 Å². The Balaban J connectivity index is 1.62. The van der Waals surface area contributed by atoms with Gasteiger partial charge in [0.2, 0.25) is 10.0 Å². The Kier molecular flexibility index (Phi) is 3.60. The Bertz CT molecular complexity index is 706. The molecule has 1 fully saturated rings. The molecule has 3 rings (SSSR count). The molecule has 0 spiro atoms. The summed E-state index contributed by atoms with van der Waals surface area (Å²) in [5.41, 5.74) is 0.878. The van der Waals surface area contributed by atoms with Gasteiger partial charge in [-0.2, -0.15) is 0 Å². The fraction of sp³-hybridized carbons (Fsp3) is 0.286. The van der Waals surface area contributed by atoms with Crippen molar-refractivity contribution in [2.24, 2.45) is 0 Å². The van der Waals surface area contributed by atoms with Gasteiger partial charge in [0.05, 0.1) is 11.3 Å². The molecule has 0 saturated heterocycles. The Morgan fingerprint density at radius 1 is 1.29 bits per heavy atom. The number of hydrogen-bond acceptors (Lipinski definition) is 4. The van der Waals surface area contributed by atoms with Gasteiger partial charge in [-0.1, -0.05) is 12.1 Å². The highest BCUT2D eigenvalue weighted by Gasteiger charge is 2.36. The molecule has 7 heteroatoms. The third-order valence-electron chi connectivity index (χ3n) is 3.26. The van der Waals surface area contributed by atoms with Crippen LogP contribution in [0.2, 0.25) is 0 Å². The molecule has 1 aromatic rings. The summed E-state index contributed by atoms with van der Waals surface area (Å²) in [6.45, 7) is 0. The standard InChI is InChI=1S/C14H15N3O3S/c18-14(13-3-1-2-8-15-13)16-10-4-5-11(9-10)17-21(19,20)12-6-7-12/h1-5,8-9,11-12,17H,6-7H2,(H,16,18). The van der Waals surface area contributed by atoms with Crippen LogP contribution in [-0.4, -0.2) is 30.6 Å². The second-order valence-electron chi connectivity index (χ2n) is 5.04. The maximum Gasteiger partial charge on any atom is 0.274 e. The summed E-state index contributed by atoms with van der Waals surface area (Å²) in [6, 6.07) is 4.67. The average Bonchev–Trinajstić information content (AvgIpc) is 3.24. The summed E-state index contributed by atoms with van der Waals surface area (Å²) < 4.78 is 26.3. The Labute approximate surface area is 123 Å². The van der Waals surface area contributed by atoms with Gasteiger partial charge >= 0.3 is 0 Å². The number of rotatable bonds is 5. The summed E-state index contributed by atoms with van der Waals surface area (Å²) in [5, 5.41) is 2.44. The van der Waals surface area contributed by atoms with Crippen molar-refractivity contribution in [1.82, 2.24) is 15.0 Å². The predicted molar refractivity (Wildman–Crippen MR) is 77.8 cm³/mol. The highest BCUT2D eigenvalue weighted by Crippen LogP contribution is 2.28. The summed E-state index contributed by atoms with van der Waals surface area (Å²) in [4.78, 5) is 15.9. The van der Waals surface area contributed by atoms with Gasteiger partial charge in [-0.05, 0) is 37.1 Å². The van der Waals surface area contributed by atoms with Crippen LogP contribution in [0.5, 0.6) is 0 Å². The number of aromatic nitrogens is 1. The van der Waals surface area contributed by atoms with Crippen molar-refractivity contribution in [3.8, 4) is 0 Å². The van der Waals surface area contributed by atoms with E-state index in [1.807, 2.05) is 0 Å². The second-order valence-corrected chi connectivity index (χ2v) is 7.03.